The van der Waals surface area contributed by atoms with Crippen molar-refractivity contribution in [1.29, 1.82) is 0 Å². The second-order valence-corrected chi connectivity index (χ2v) is 3.42. The van der Waals surface area contributed by atoms with Gasteiger partial charge in [0.05, 0.1) is 0 Å². The highest BCUT2D eigenvalue weighted by molar-refractivity contribution is 7.09. The van der Waals surface area contributed by atoms with Gasteiger partial charge in [0.15, 0.2) is 0 Å². The Hall–Kier alpha value is -0.900. The molecule has 0 amide bonds. The van der Waals surface area contributed by atoms with Crippen LogP contribution < -0.4 is 0 Å². The van der Waals surface area contributed by atoms with Gasteiger partial charge in [0.2, 0.25) is 0 Å². The average Bonchev–Trinajstić information content (AvgIpc) is 2.55. The van der Waals surface area contributed by atoms with Crippen LogP contribution in [0.4, 0.5) is 0 Å². The van der Waals surface area contributed by atoms with E-state index in [9.17, 15) is 0 Å². The van der Waals surface area contributed by atoms with Crippen LogP contribution in [0.3, 0.4) is 0 Å². The molecule has 1 aliphatic rings. The third-order valence-electron chi connectivity index (χ3n) is 1.78. The number of hydrogen-bond donors (Lipinski definition) is 0. The molecule has 2 rings (SSSR count). The van der Waals surface area contributed by atoms with E-state index >= 15 is 0 Å². The molecular formula is C7H9N3S. The Balaban J connectivity index is 2.19. The highest BCUT2D eigenvalue weighted by Gasteiger charge is 2.20. The largest absolute Gasteiger partial charge is 0.290 e. The third kappa shape index (κ3) is 1.14. The first kappa shape index (κ1) is 6.79. The number of nitrogens with zero attached hydrogens (tertiary/aromatic N) is 3. The lowest BCUT2D eigenvalue weighted by molar-refractivity contribution is 0.289. The van der Waals surface area contributed by atoms with Crippen molar-refractivity contribution in [2.75, 3.05) is 7.05 Å². The van der Waals surface area contributed by atoms with Gasteiger partial charge in [-0.15, -0.1) is 11.3 Å². The summed E-state index contributed by atoms with van der Waals surface area (Å²) in [4.78, 5) is 4.25. The number of hydrazone groups is 1. The molecule has 3 nitrogen and oxygen atoms in total. The van der Waals surface area contributed by atoms with E-state index in [2.05, 4.69) is 10.1 Å². The molecule has 1 aromatic rings. The van der Waals surface area contributed by atoms with E-state index in [0.717, 1.165) is 11.4 Å². The van der Waals surface area contributed by atoms with E-state index in [0.29, 0.717) is 6.04 Å². The molecule has 0 N–H and O–H groups in total. The highest BCUT2D eigenvalue weighted by atomic mass is 32.1. The lowest BCUT2D eigenvalue weighted by Crippen LogP contribution is -2.13. The summed E-state index contributed by atoms with van der Waals surface area (Å²) in [5.74, 6) is 0. The van der Waals surface area contributed by atoms with Gasteiger partial charge >= 0.3 is 0 Å². The van der Waals surface area contributed by atoms with Crippen LogP contribution in [0.25, 0.3) is 0 Å². The van der Waals surface area contributed by atoms with Crippen LogP contribution in [0.1, 0.15) is 17.5 Å². The minimum atomic E-state index is 0.384. The van der Waals surface area contributed by atoms with E-state index < -0.39 is 0 Å². The first-order valence-corrected chi connectivity index (χ1v) is 4.40. The lowest BCUT2D eigenvalue weighted by Gasteiger charge is -2.15. The van der Waals surface area contributed by atoms with Gasteiger partial charge in [0.1, 0.15) is 11.0 Å². The summed E-state index contributed by atoms with van der Waals surface area (Å²) in [7, 11) is 1.98. The molecule has 0 saturated heterocycles. The molecule has 0 aliphatic carbocycles. The molecular weight excluding hydrogens is 158 g/mol. The van der Waals surface area contributed by atoms with Crippen LogP contribution in [0.2, 0.25) is 0 Å². The van der Waals surface area contributed by atoms with Gasteiger partial charge in [0.25, 0.3) is 0 Å². The topological polar surface area (TPSA) is 28.5 Å². The van der Waals surface area contributed by atoms with Gasteiger partial charge in [-0.25, -0.2) is 4.98 Å². The molecule has 0 bridgehead atoms. The molecule has 0 fully saturated rings. The fourth-order valence-corrected chi connectivity index (χ4v) is 1.96. The minimum absolute atomic E-state index is 0.384. The average molecular weight is 167 g/mol. The Labute approximate surface area is 69.4 Å². The summed E-state index contributed by atoms with van der Waals surface area (Å²) in [6.07, 6.45) is 4.77. The van der Waals surface area contributed by atoms with Gasteiger partial charge in [0, 0.05) is 31.3 Å². The highest BCUT2D eigenvalue weighted by Crippen LogP contribution is 2.27. The van der Waals surface area contributed by atoms with E-state index in [1.165, 1.54) is 0 Å². The molecule has 0 saturated carbocycles. The molecule has 0 spiro atoms. The maximum Gasteiger partial charge on any atom is 0.117 e. The maximum absolute atomic E-state index is 4.25. The lowest BCUT2D eigenvalue weighted by atomic mass is 10.2. The molecule has 58 valence electrons. The summed E-state index contributed by atoms with van der Waals surface area (Å²) in [6, 6.07) is 0.384. The predicted octanol–water partition coefficient (Wildman–Crippen LogP) is 1.51. The zero-order valence-corrected chi connectivity index (χ0v) is 7.08. The summed E-state index contributed by atoms with van der Waals surface area (Å²) in [6.45, 7) is 0. The van der Waals surface area contributed by atoms with Crippen molar-refractivity contribution in [2.24, 2.45) is 5.10 Å². The van der Waals surface area contributed by atoms with Crippen molar-refractivity contribution in [3.63, 3.8) is 0 Å². The predicted molar refractivity (Wildman–Crippen MR) is 45.7 cm³/mol. The van der Waals surface area contributed by atoms with Crippen molar-refractivity contribution in [1.82, 2.24) is 9.99 Å². The van der Waals surface area contributed by atoms with Gasteiger partial charge in [-0.3, -0.25) is 5.01 Å². The monoisotopic (exact) mass is 167 g/mol. The van der Waals surface area contributed by atoms with Crippen LogP contribution in [0, 0.1) is 0 Å². The van der Waals surface area contributed by atoms with Gasteiger partial charge < -0.3 is 0 Å². The standard InChI is InChI=1S/C7H9N3S/c1-10-6(2-3-9-10)7-8-4-5-11-7/h3-6H,2H2,1H3. The Bertz CT molecular complexity index is 255. The third-order valence-corrected chi connectivity index (χ3v) is 2.66. The molecule has 1 unspecified atom stereocenters. The zero-order valence-electron chi connectivity index (χ0n) is 6.27. The Morgan fingerprint density at radius 1 is 1.73 bits per heavy atom. The number of hydrogen-bond acceptors (Lipinski definition) is 4. The van der Waals surface area contributed by atoms with Gasteiger partial charge in [-0.05, 0) is 0 Å². The zero-order chi connectivity index (χ0) is 7.68. The van der Waals surface area contributed by atoms with Crippen molar-refractivity contribution in [3.8, 4) is 0 Å². The summed E-state index contributed by atoms with van der Waals surface area (Å²) < 4.78 is 0. The van der Waals surface area contributed by atoms with E-state index in [-0.39, 0.29) is 0 Å². The molecule has 0 aromatic carbocycles. The second kappa shape index (κ2) is 2.62. The second-order valence-electron chi connectivity index (χ2n) is 2.49. The number of aromatic nitrogens is 1. The Morgan fingerprint density at radius 3 is 3.18 bits per heavy atom. The van der Waals surface area contributed by atoms with E-state index in [1.807, 2.05) is 29.8 Å². The van der Waals surface area contributed by atoms with Crippen LogP contribution in [-0.2, 0) is 0 Å². The normalized spacial score (nSPS) is 23.0. The number of thiazole rings is 1. The summed E-state index contributed by atoms with van der Waals surface area (Å²) in [5.41, 5.74) is 0. The fraction of sp³-hybridized carbons (Fsp3) is 0.429. The SMILES string of the molecule is CN1N=CCC1c1nccs1. The molecule has 1 aliphatic heterocycles. The van der Waals surface area contributed by atoms with Crippen molar-refractivity contribution in [2.45, 2.75) is 12.5 Å². The summed E-state index contributed by atoms with van der Waals surface area (Å²) in [5, 5.41) is 9.26. The van der Waals surface area contributed by atoms with Crippen LogP contribution >= 0.6 is 11.3 Å². The van der Waals surface area contributed by atoms with Crippen molar-refractivity contribution < 1.29 is 0 Å². The first-order valence-electron chi connectivity index (χ1n) is 3.52. The molecule has 1 aromatic heterocycles. The Kier molecular flexibility index (Phi) is 1.62. The van der Waals surface area contributed by atoms with Crippen molar-refractivity contribution >= 4 is 17.6 Å². The molecule has 2 heterocycles. The smallest absolute Gasteiger partial charge is 0.117 e. The Morgan fingerprint density at radius 2 is 2.64 bits per heavy atom. The summed E-state index contributed by atoms with van der Waals surface area (Å²) >= 11 is 1.69. The van der Waals surface area contributed by atoms with Crippen LogP contribution in [0.15, 0.2) is 16.7 Å². The van der Waals surface area contributed by atoms with E-state index in [4.69, 9.17) is 0 Å². The number of rotatable bonds is 1. The van der Waals surface area contributed by atoms with Gasteiger partial charge in [-0.1, -0.05) is 0 Å². The quantitative estimate of drug-likeness (QED) is 0.634. The molecule has 0 radical (unpaired) electrons. The van der Waals surface area contributed by atoms with Crippen molar-refractivity contribution in [3.05, 3.63) is 16.6 Å². The van der Waals surface area contributed by atoms with Crippen LogP contribution in [0.5, 0.6) is 0 Å². The van der Waals surface area contributed by atoms with E-state index in [1.54, 1.807) is 11.3 Å². The maximum atomic E-state index is 4.25. The molecule has 1 atom stereocenters. The van der Waals surface area contributed by atoms with Gasteiger partial charge in [-0.2, -0.15) is 5.10 Å². The molecule has 4 heteroatoms. The first-order chi connectivity index (χ1) is 5.38. The van der Waals surface area contributed by atoms with Crippen LogP contribution in [-0.4, -0.2) is 23.3 Å². The minimum Gasteiger partial charge on any atom is -0.290 e. The molecule has 11 heavy (non-hydrogen) atoms. The fourth-order valence-electron chi connectivity index (χ4n) is 1.17.